The Morgan fingerprint density at radius 3 is 2.59 bits per heavy atom. The molecule has 0 saturated carbocycles. The Hall–Kier alpha value is -2.58. The SMILES string of the molecule is Cc1ccc(-c2nn(CN3CCN(c4cnccn4)CC3)c(=S)o2)cc1C. The molecular formula is C19H22N6OS. The van der Waals surface area contributed by atoms with Gasteiger partial charge < -0.3 is 9.32 Å². The summed E-state index contributed by atoms with van der Waals surface area (Å²) in [6.45, 7) is 8.41. The molecule has 1 aromatic carbocycles. The van der Waals surface area contributed by atoms with Crippen LogP contribution in [0, 0.1) is 18.7 Å². The molecule has 1 aliphatic rings. The average Bonchev–Trinajstić information content (AvgIpc) is 3.06. The molecule has 3 heterocycles. The third-order valence-corrected chi connectivity index (χ3v) is 5.23. The van der Waals surface area contributed by atoms with Crippen molar-refractivity contribution < 1.29 is 4.42 Å². The second-order valence-electron chi connectivity index (χ2n) is 6.78. The van der Waals surface area contributed by atoms with Crippen molar-refractivity contribution in [2.75, 3.05) is 31.1 Å². The molecule has 0 amide bonds. The van der Waals surface area contributed by atoms with Crippen LogP contribution in [0.15, 0.2) is 41.2 Å². The Bertz CT molecular complexity index is 975. The first-order chi connectivity index (χ1) is 13.1. The lowest BCUT2D eigenvalue weighted by Gasteiger charge is -2.34. The predicted octanol–water partition coefficient (Wildman–Crippen LogP) is 3.06. The Kier molecular flexibility index (Phi) is 5.00. The van der Waals surface area contributed by atoms with Crippen molar-refractivity contribution in [3.05, 3.63) is 52.8 Å². The third kappa shape index (κ3) is 3.91. The topological polar surface area (TPSA) is 63.2 Å². The van der Waals surface area contributed by atoms with Gasteiger partial charge in [0.15, 0.2) is 0 Å². The highest BCUT2D eigenvalue weighted by molar-refractivity contribution is 7.71. The van der Waals surface area contributed by atoms with Crippen molar-refractivity contribution in [2.45, 2.75) is 20.5 Å². The number of aryl methyl sites for hydroxylation is 2. The highest BCUT2D eigenvalue weighted by atomic mass is 32.1. The number of benzene rings is 1. The second kappa shape index (κ2) is 7.58. The van der Waals surface area contributed by atoms with Crippen LogP contribution >= 0.6 is 12.2 Å². The fraction of sp³-hybridized carbons (Fsp3) is 0.368. The van der Waals surface area contributed by atoms with Crippen molar-refractivity contribution in [1.82, 2.24) is 24.6 Å². The second-order valence-corrected chi connectivity index (χ2v) is 7.13. The summed E-state index contributed by atoms with van der Waals surface area (Å²) in [7, 11) is 0. The standard InChI is InChI=1S/C19H22N6OS/c1-14-3-4-16(11-15(14)2)18-22-25(19(27)26-18)13-23-7-9-24(10-8-23)17-12-20-5-6-21-17/h3-6,11-12H,7-10,13H2,1-2H3. The minimum atomic E-state index is 0.402. The lowest BCUT2D eigenvalue weighted by Crippen LogP contribution is -2.47. The van der Waals surface area contributed by atoms with Gasteiger partial charge in [-0.3, -0.25) is 9.88 Å². The molecule has 1 saturated heterocycles. The predicted molar refractivity (Wildman–Crippen MR) is 106 cm³/mol. The average molecular weight is 382 g/mol. The molecule has 3 aromatic rings. The Labute approximate surface area is 163 Å². The summed E-state index contributed by atoms with van der Waals surface area (Å²) in [5.41, 5.74) is 3.41. The van der Waals surface area contributed by atoms with E-state index in [1.165, 1.54) is 11.1 Å². The summed E-state index contributed by atoms with van der Waals surface area (Å²) < 4.78 is 7.50. The van der Waals surface area contributed by atoms with Crippen molar-refractivity contribution in [2.24, 2.45) is 0 Å². The molecule has 8 heteroatoms. The van der Waals surface area contributed by atoms with Crippen LogP contribution in [0.5, 0.6) is 0 Å². The highest BCUT2D eigenvalue weighted by Gasteiger charge is 2.19. The van der Waals surface area contributed by atoms with Gasteiger partial charge >= 0.3 is 0 Å². The van der Waals surface area contributed by atoms with E-state index in [1.807, 2.05) is 6.07 Å². The van der Waals surface area contributed by atoms with Gasteiger partial charge in [-0.25, -0.2) is 9.67 Å². The van der Waals surface area contributed by atoms with Crippen LogP contribution in [0.3, 0.4) is 0 Å². The normalized spacial score (nSPS) is 15.3. The Balaban J connectivity index is 1.43. The van der Waals surface area contributed by atoms with Crippen LogP contribution in [0.25, 0.3) is 11.5 Å². The number of hydrogen-bond acceptors (Lipinski definition) is 7. The maximum Gasteiger partial charge on any atom is 0.288 e. The van der Waals surface area contributed by atoms with E-state index in [0.717, 1.165) is 37.6 Å². The quantitative estimate of drug-likeness (QED) is 0.643. The maximum absolute atomic E-state index is 5.74. The third-order valence-electron chi connectivity index (χ3n) is 4.94. The summed E-state index contributed by atoms with van der Waals surface area (Å²) in [4.78, 5) is 13.5. The lowest BCUT2D eigenvalue weighted by molar-refractivity contribution is 0.192. The molecule has 0 bridgehead atoms. The van der Waals surface area contributed by atoms with E-state index in [9.17, 15) is 0 Å². The molecule has 1 fully saturated rings. The van der Waals surface area contributed by atoms with Gasteiger partial charge in [-0.05, 0) is 49.3 Å². The molecule has 0 atom stereocenters. The van der Waals surface area contributed by atoms with Gasteiger partial charge in [0.25, 0.3) is 4.84 Å². The van der Waals surface area contributed by atoms with Gasteiger partial charge in [0, 0.05) is 44.1 Å². The van der Waals surface area contributed by atoms with Crippen molar-refractivity contribution in [3.8, 4) is 11.5 Å². The molecule has 0 radical (unpaired) electrons. The summed E-state index contributed by atoms with van der Waals surface area (Å²) in [5.74, 6) is 1.49. The van der Waals surface area contributed by atoms with Gasteiger partial charge in [-0.2, -0.15) is 0 Å². The van der Waals surface area contributed by atoms with Crippen molar-refractivity contribution in [1.29, 1.82) is 0 Å². The van der Waals surface area contributed by atoms with E-state index in [4.69, 9.17) is 16.6 Å². The van der Waals surface area contributed by atoms with Crippen LogP contribution in [-0.2, 0) is 6.67 Å². The Morgan fingerprint density at radius 1 is 1.07 bits per heavy atom. The zero-order valence-electron chi connectivity index (χ0n) is 15.5. The molecule has 27 heavy (non-hydrogen) atoms. The van der Waals surface area contributed by atoms with Gasteiger partial charge in [0.1, 0.15) is 5.82 Å². The first-order valence-electron chi connectivity index (χ1n) is 8.99. The first kappa shape index (κ1) is 17.8. The molecule has 7 nitrogen and oxygen atoms in total. The van der Waals surface area contributed by atoms with E-state index in [-0.39, 0.29) is 0 Å². The number of anilines is 1. The van der Waals surface area contributed by atoms with E-state index in [0.29, 0.717) is 17.4 Å². The number of aromatic nitrogens is 4. The van der Waals surface area contributed by atoms with Gasteiger partial charge in [-0.1, -0.05) is 6.07 Å². The van der Waals surface area contributed by atoms with Crippen LogP contribution in [0.1, 0.15) is 11.1 Å². The smallest absolute Gasteiger partial charge is 0.288 e. The van der Waals surface area contributed by atoms with Gasteiger partial charge in [0.05, 0.1) is 12.9 Å². The molecule has 0 aliphatic carbocycles. The molecule has 140 valence electrons. The fourth-order valence-electron chi connectivity index (χ4n) is 3.15. The summed E-state index contributed by atoms with van der Waals surface area (Å²) in [5, 5.41) is 4.59. The van der Waals surface area contributed by atoms with Crippen LogP contribution < -0.4 is 4.90 Å². The highest BCUT2D eigenvalue weighted by Crippen LogP contribution is 2.21. The number of hydrogen-bond donors (Lipinski definition) is 0. The minimum Gasteiger partial charge on any atom is -0.409 e. The number of piperazine rings is 1. The summed E-state index contributed by atoms with van der Waals surface area (Å²) >= 11 is 5.38. The zero-order chi connectivity index (χ0) is 18.8. The van der Waals surface area contributed by atoms with Crippen LogP contribution in [0.2, 0.25) is 0 Å². The molecule has 0 N–H and O–H groups in total. The number of nitrogens with zero attached hydrogens (tertiary/aromatic N) is 6. The molecule has 4 rings (SSSR count). The maximum atomic E-state index is 5.74. The largest absolute Gasteiger partial charge is 0.409 e. The van der Waals surface area contributed by atoms with E-state index in [2.05, 4.69) is 50.8 Å². The Morgan fingerprint density at radius 2 is 1.89 bits per heavy atom. The minimum absolute atomic E-state index is 0.402. The molecule has 0 spiro atoms. The van der Waals surface area contributed by atoms with Crippen molar-refractivity contribution >= 4 is 18.0 Å². The van der Waals surface area contributed by atoms with Crippen LogP contribution in [-0.4, -0.2) is 50.8 Å². The van der Waals surface area contributed by atoms with E-state index < -0.39 is 0 Å². The summed E-state index contributed by atoms with van der Waals surface area (Å²) in [6.07, 6.45) is 5.23. The van der Waals surface area contributed by atoms with Gasteiger partial charge in [0.2, 0.25) is 5.89 Å². The monoisotopic (exact) mass is 382 g/mol. The van der Waals surface area contributed by atoms with Crippen molar-refractivity contribution in [3.63, 3.8) is 0 Å². The molecule has 2 aromatic heterocycles. The van der Waals surface area contributed by atoms with E-state index in [1.54, 1.807) is 23.3 Å². The van der Waals surface area contributed by atoms with Crippen LogP contribution in [0.4, 0.5) is 5.82 Å². The zero-order valence-corrected chi connectivity index (χ0v) is 16.3. The lowest BCUT2D eigenvalue weighted by atomic mass is 10.1. The molecule has 0 unspecified atom stereocenters. The fourth-order valence-corrected chi connectivity index (χ4v) is 3.33. The van der Waals surface area contributed by atoms with E-state index >= 15 is 0 Å². The van der Waals surface area contributed by atoms with Gasteiger partial charge in [-0.15, -0.1) is 5.10 Å². The number of rotatable bonds is 4. The molecular weight excluding hydrogens is 360 g/mol. The summed E-state index contributed by atoms with van der Waals surface area (Å²) in [6, 6.07) is 6.18. The molecule has 1 aliphatic heterocycles. The first-order valence-corrected chi connectivity index (χ1v) is 9.40.